The van der Waals surface area contributed by atoms with Crippen molar-refractivity contribution in [2.75, 3.05) is 0 Å². The maximum absolute atomic E-state index is 9.49. The molecule has 0 N–H and O–H groups in total. The minimum absolute atomic E-state index is 0.0447. The molecule has 1 fully saturated rings. The summed E-state index contributed by atoms with van der Waals surface area (Å²) in [6, 6.07) is 30.3. The van der Waals surface area contributed by atoms with Gasteiger partial charge in [-0.15, -0.1) is 0 Å². The van der Waals surface area contributed by atoms with Crippen LogP contribution in [0.2, 0.25) is 0 Å². The maximum atomic E-state index is 9.49. The highest BCUT2D eigenvalue weighted by Gasteiger charge is 2.71. The lowest BCUT2D eigenvalue weighted by atomic mass is 9.68. The van der Waals surface area contributed by atoms with E-state index in [0.717, 1.165) is 16.3 Å². The molecule has 1 saturated carbocycles. The first-order valence-corrected chi connectivity index (χ1v) is 10.6. The van der Waals surface area contributed by atoms with Gasteiger partial charge in [-0.25, -0.2) is 0 Å². The Morgan fingerprint density at radius 3 is 2.28 bits per heavy atom. The maximum Gasteiger partial charge on any atom is 0.0319 e. The quantitative estimate of drug-likeness (QED) is 0.357. The van der Waals surface area contributed by atoms with Crippen molar-refractivity contribution in [1.82, 2.24) is 0 Å². The average molecular weight is 377 g/mol. The van der Waals surface area contributed by atoms with Gasteiger partial charge in [-0.2, -0.15) is 0 Å². The average Bonchev–Trinajstić information content (AvgIpc) is 3.56. The van der Waals surface area contributed by atoms with E-state index < -0.39 is 18.2 Å². The summed E-state index contributed by atoms with van der Waals surface area (Å²) in [5.41, 5.74) is 3.92. The molecule has 3 aliphatic rings. The predicted octanol–water partition coefficient (Wildman–Crippen LogP) is 6.46. The molecule has 4 atom stereocenters. The van der Waals surface area contributed by atoms with Crippen molar-refractivity contribution < 1.29 is 5.48 Å². The molecule has 0 saturated heterocycles. The summed E-state index contributed by atoms with van der Waals surface area (Å²) in [5.74, 6) is -0.709. The lowest BCUT2D eigenvalue weighted by Crippen LogP contribution is -2.31. The molecule has 0 amide bonds. The van der Waals surface area contributed by atoms with E-state index in [1.807, 2.05) is 48.5 Å². The Bertz CT molecular complexity index is 1420. The first-order chi connectivity index (χ1) is 15.9. The number of benzene rings is 4. The van der Waals surface area contributed by atoms with E-state index in [-0.39, 0.29) is 17.8 Å². The van der Waals surface area contributed by atoms with Crippen LogP contribution in [-0.2, 0) is 24.6 Å². The molecule has 7 rings (SSSR count). The fraction of sp³-hybridized carbons (Fsp3) is 0.241. The summed E-state index contributed by atoms with van der Waals surface area (Å²) in [5, 5.41) is 2.25. The lowest BCUT2D eigenvalue weighted by Gasteiger charge is -2.35. The van der Waals surface area contributed by atoms with Gasteiger partial charge in [0.05, 0.1) is 0 Å². The number of rotatable bonds is 1. The molecule has 0 aliphatic heterocycles. The standard InChI is InChI=1S/C29H24/c1-2-10-21-18-27-28-25-14-6-4-11-22(25)17-23(16-20(21)9-1)29(27,28)26-15-7-12-19-8-3-5-13-24(19)26/h1-15,23,27-28H,16-18H2/t23-,27+,28-,29-/m1/s1/i16D2,18D2. The summed E-state index contributed by atoms with van der Waals surface area (Å²) >= 11 is 0. The van der Waals surface area contributed by atoms with E-state index in [0.29, 0.717) is 17.5 Å². The highest BCUT2D eigenvalue weighted by molar-refractivity contribution is 5.88. The van der Waals surface area contributed by atoms with E-state index in [9.17, 15) is 5.48 Å². The summed E-state index contributed by atoms with van der Waals surface area (Å²) in [6.07, 6.45) is -2.68. The van der Waals surface area contributed by atoms with Gasteiger partial charge in [0.15, 0.2) is 0 Å². The largest absolute Gasteiger partial charge is 0.0620 e. The van der Waals surface area contributed by atoms with Crippen molar-refractivity contribution in [3.63, 3.8) is 0 Å². The highest BCUT2D eigenvalue weighted by Crippen LogP contribution is 2.75. The van der Waals surface area contributed by atoms with E-state index in [2.05, 4.69) is 42.5 Å². The number of hydrogen-bond acceptors (Lipinski definition) is 0. The molecule has 0 aromatic heterocycles. The Morgan fingerprint density at radius 1 is 0.690 bits per heavy atom. The lowest BCUT2D eigenvalue weighted by molar-refractivity contribution is 0.362. The van der Waals surface area contributed by atoms with E-state index in [1.54, 1.807) is 0 Å². The Morgan fingerprint density at radius 2 is 1.38 bits per heavy atom. The molecule has 0 radical (unpaired) electrons. The van der Waals surface area contributed by atoms with Crippen LogP contribution in [0.15, 0.2) is 91.0 Å². The van der Waals surface area contributed by atoms with Crippen molar-refractivity contribution in [2.45, 2.75) is 30.5 Å². The van der Waals surface area contributed by atoms with Crippen molar-refractivity contribution in [3.05, 3.63) is 119 Å². The zero-order valence-corrected chi connectivity index (χ0v) is 16.1. The summed E-state index contributed by atoms with van der Waals surface area (Å²) < 4.78 is 37.9. The number of hydrogen-bond donors (Lipinski definition) is 0. The normalized spacial score (nSPS) is 34.3. The van der Waals surface area contributed by atoms with Crippen molar-refractivity contribution in [1.29, 1.82) is 0 Å². The van der Waals surface area contributed by atoms with E-state index in [4.69, 9.17) is 0 Å². The van der Waals surface area contributed by atoms with Gasteiger partial charge in [-0.05, 0) is 75.5 Å². The molecule has 140 valence electrons. The first kappa shape index (κ1) is 12.6. The first-order valence-electron chi connectivity index (χ1n) is 12.6. The van der Waals surface area contributed by atoms with Gasteiger partial charge in [-0.3, -0.25) is 0 Å². The van der Waals surface area contributed by atoms with Gasteiger partial charge in [-0.1, -0.05) is 91.0 Å². The molecular formula is C29H24. The highest BCUT2D eigenvalue weighted by atomic mass is 14.7. The third-order valence-corrected chi connectivity index (χ3v) is 7.47. The second kappa shape index (κ2) is 5.60. The molecule has 0 bridgehead atoms. The van der Waals surface area contributed by atoms with Crippen molar-refractivity contribution >= 4 is 10.8 Å². The van der Waals surface area contributed by atoms with Crippen molar-refractivity contribution in [2.24, 2.45) is 11.8 Å². The van der Waals surface area contributed by atoms with Crippen LogP contribution in [0, 0.1) is 11.8 Å². The fourth-order valence-electron chi connectivity index (χ4n) is 6.28. The molecular weight excluding hydrogens is 348 g/mol. The molecule has 3 aliphatic carbocycles. The van der Waals surface area contributed by atoms with Crippen LogP contribution in [0.1, 0.15) is 39.2 Å². The minimum atomic E-state index is -1.65. The number of fused-ring (bicyclic) bond motifs is 5. The topological polar surface area (TPSA) is 0 Å². The minimum Gasteiger partial charge on any atom is -0.0620 e. The monoisotopic (exact) mass is 376 g/mol. The molecule has 0 heterocycles. The predicted molar refractivity (Wildman–Crippen MR) is 119 cm³/mol. The van der Waals surface area contributed by atoms with Crippen molar-refractivity contribution in [3.8, 4) is 0 Å². The third-order valence-electron chi connectivity index (χ3n) is 7.47. The Balaban J connectivity index is 1.62. The van der Waals surface area contributed by atoms with Crippen LogP contribution in [-0.4, -0.2) is 0 Å². The molecule has 0 spiro atoms. The van der Waals surface area contributed by atoms with Crippen LogP contribution in [0.3, 0.4) is 0 Å². The third kappa shape index (κ3) is 2.00. The molecule has 0 nitrogen and oxygen atoms in total. The van der Waals surface area contributed by atoms with Crippen LogP contribution >= 0.6 is 0 Å². The SMILES string of the molecule is [2H]C1([2H])c2ccccc2C([2H])([2H])[C@@H]2Cc3ccccc3[C@@H]3[C@H]1[C@@]32c1cccc2ccccc12. The second-order valence-corrected chi connectivity index (χ2v) is 8.70. The fourth-order valence-corrected chi connectivity index (χ4v) is 6.28. The summed E-state index contributed by atoms with van der Waals surface area (Å²) in [7, 11) is 0. The van der Waals surface area contributed by atoms with Gasteiger partial charge in [0.1, 0.15) is 0 Å². The molecule has 0 unspecified atom stereocenters. The van der Waals surface area contributed by atoms with Crippen LogP contribution in [0.5, 0.6) is 0 Å². The van der Waals surface area contributed by atoms with Gasteiger partial charge in [0, 0.05) is 10.9 Å². The van der Waals surface area contributed by atoms with Gasteiger partial charge in [0.25, 0.3) is 0 Å². The van der Waals surface area contributed by atoms with Crippen LogP contribution in [0.25, 0.3) is 10.8 Å². The van der Waals surface area contributed by atoms with Gasteiger partial charge in [0.2, 0.25) is 0 Å². The Hall–Kier alpha value is -2.86. The Labute approximate surface area is 177 Å². The second-order valence-electron chi connectivity index (χ2n) is 8.70. The van der Waals surface area contributed by atoms with Gasteiger partial charge >= 0.3 is 0 Å². The zero-order chi connectivity index (χ0) is 22.6. The summed E-state index contributed by atoms with van der Waals surface area (Å²) in [4.78, 5) is 0. The molecule has 29 heavy (non-hydrogen) atoms. The van der Waals surface area contributed by atoms with Gasteiger partial charge < -0.3 is 0 Å². The Kier molecular flexibility index (Phi) is 2.44. The van der Waals surface area contributed by atoms with E-state index >= 15 is 0 Å². The van der Waals surface area contributed by atoms with E-state index in [1.165, 1.54) is 11.1 Å². The molecule has 4 aromatic carbocycles. The summed E-state index contributed by atoms with van der Waals surface area (Å²) in [6.45, 7) is 0. The van der Waals surface area contributed by atoms with Crippen LogP contribution < -0.4 is 0 Å². The zero-order valence-electron chi connectivity index (χ0n) is 20.1. The smallest absolute Gasteiger partial charge is 0.0319 e. The van der Waals surface area contributed by atoms with Crippen LogP contribution in [0.4, 0.5) is 0 Å². The molecule has 4 aromatic rings. The molecule has 0 heteroatoms.